The molecule has 0 saturated heterocycles. The molecule has 32 heavy (non-hydrogen) atoms. The molecule has 2 amide bonds. The lowest BCUT2D eigenvalue weighted by atomic mass is 9.98. The maximum atomic E-state index is 13.4. The molecule has 0 radical (unpaired) electrons. The zero-order valence-electron chi connectivity index (χ0n) is 17.2. The third-order valence-corrected chi connectivity index (χ3v) is 5.40. The quantitative estimate of drug-likeness (QED) is 0.542. The Labute approximate surface area is 183 Å². The van der Waals surface area contributed by atoms with Crippen LogP contribution in [0.4, 0.5) is 14.5 Å². The fourth-order valence-electron chi connectivity index (χ4n) is 3.66. The number of aliphatic hydroxyl groups is 1. The summed E-state index contributed by atoms with van der Waals surface area (Å²) in [6.45, 7) is 1.82. The van der Waals surface area contributed by atoms with E-state index in [0.29, 0.717) is 22.9 Å². The summed E-state index contributed by atoms with van der Waals surface area (Å²) < 4.78 is 26.7. The number of aliphatic hydroxyl groups excluding tert-OH is 1. The molecule has 4 N–H and O–H groups in total. The number of nitrogens with one attached hydrogen (secondary N) is 1. The van der Waals surface area contributed by atoms with Gasteiger partial charge in [0.1, 0.15) is 11.6 Å². The topological polar surface area (TPSA) is 105 Å². The van der Waals surface area contributed by atoms with Crippen LogP contribution in [0.3, 0.4) is 0 Å². The van der Waals surface area contributed by atoms with Crippen molar-refractivity contribution in [1.82, 2.24) is 4.98 Å². The monoisotopic (exact) mass is 437 g/mol. The van der Waals surface area contributed by atoms with Gasteiger partial charge in [-0.15, -0.1) is 0 Å². The Morgan fingerprint density at radius 1 is 1.12 bits per heavy atom. The number of aryl methyl sites for hydroxylation is 1. The van der Waals surface area contributed by atoms with Crippen molar-refractivity contribution in [1.29, 1.82) is 0 Å². The predicted octanol–water partition coefficient (Wildman–Crippen LogP) is 3.98. The van der Waals surface area contributed by atoms with Crippen molar-refractivity contribution in [2.24, 2.45) is 5.73 Å². The van der Waals surface area contributed by atoms with Crippen LogP contribution in [0.5, 0.6) is 0 Å². The molecular formula is C24H21F2N3O3. The molecule has 1 atom stereocenters. The standard InChI is InChI=1S/C24H21F2N3O3/c1-12-6-18(29-24(32)22(30)14-7-16(25)10-17(26)8-14)4-5-19(12)15-9-20(23(27)31)21(28-11-15)13-2-3-13/h4-11,13,22,30H,2-3H2,1H3,(H2,27,31)(H,29,32). The van der Waals surface area contributed by atoms with Crippen molar-refractivity contribution >= 4 is 17.5 Å². The van der Waals surface area contributed by atoms with Crippen LogP contribution in [0, 0.1) is 18.6 Å². The second-order valence-electron chi connectivity index (χ2n) is 7.92. The molecule has 1 saturated carbocycles. The van der Waals surface area contributed by atoms with E-state index in [4.69, 9.17) is 5.73 Å². The maximum Gasteiger partial charge on any atom is 0.257 e. The van der Waals surface area contributed by atoms with E-state index < -0.39 is 29.6 Å². The van der Waals surface area contributed by atoms with Gasteiger partial charge < -0.3 is 16.2 Å². The smallest absolute Gasteiger partial charge is 0.257 e. The summed E-state index contributed by atoms with van der Waals surface area (Å²) in [4.78, 5) is 28.7. The molecule has 0 aliphatic heterocycles. The van der Waals surface area contributed by atoms with Crippen LogP contribution in [0.25, 0.3) is 11.1 Å². The molecule has 8 heteroatoms. The molecule has 1 heterocycles. The Balaban J connectivity index is 1.55. The van der Waals surface area contributed by atoms with Crippen molar-refractivity contribution in [3.05, 3.63) is 82.7 Å². The largest absolute Gasteiger partial charge is 0.378 e. The number of hydrogen-bond donors (Lipinski definition) is 3. The van der Waals surface area contributed by atoms with Crippen molar-refractivity contribution in [2.45, 2.75) is 31.8 Å². The number of nitrogens with zero attached hydrogens (tertiary/aromatic N) is 1. The number of rotatable bonds is 6. The zero-order chi connectivity index (χ0) is 23.0. The lowest BCUT2D eigenvalue weighted by molar-refractivity contribution is -0.124. The minimum atomic E-state index is -1.74. The van der Waals surface area contributed by atoms with Gasteiger partial charge >= 0.3 is 0 Å². The van der Waals surface area contributed by atoms with Crippen LogP contribution >= 0.6 is 0 Å². The highest BCUT2D eigenvalue weighted by Gasteiger charge is 2.29. The first-order chi connectivity index (χ1) is 15.2. The summed E-state index contributed by atoms with van der Waals surface area (Å²) in [6.07, 6.45) is 1.95. The Morgan fingerprint density at radius 3 is 2.41 bits per heavy atom. The van der Waals surface area contributed by atoms with Crippen LogP contribution in [-0.4, -0.2) is 21.9 Å². The summed E-state index contributed by atoms with van der Waals surface area (Å²) in [7, 11) is 0. The Bertz CT molecular complexity index is 1200. The minimum Gasteiger partial charge on any atom is -0.378 e. The molecule has 0 bridgehead atoms. The van der Waals surface area contributed by atoms with Crippen molar-refractivity contribution in [3.8, 4) is 11.1 Å². The van der Waals surface area contributed by atoms with Gasteiger partial charge in [0.25, 0.3) is 11.8 Å². The number of nitrogens with two attached hydrogens (primary N) is 1. The van der Waals surface area contributed by atoms with Crippen molar-refractivity contribution in [2.75, 3.05) is 5.32 Å². The molecule has 1 unspecified atom stereocenters. The highest BCUT2D eigenvalue weighted by atomic mass is 19.1. The van der Waals surface area contributed by atoms with E-state index in [1.165, 1.54) is 0 Å². The van der Waals surface area contributed by atoms with Crippen LogP contribution in [0.1, 0.15) is 52.0 Å². The number of aromatic nitrogens is 1. The molecule has 4 rings (SSSR count). The molecular weight excluding hydrogens is 416 g/mol. The number of carbonyl (C=O) groups is 2. The molecule has 1 fully saturated rings. The van der Waals surface area contributed by atoms with E-state index in [1.54, 1.807) is 30.5 Å². The molecule has 2 aromatic carbocycles. The normalized spacial score (nSPS) is 14.1. The molecule has 164 valence electrons. The van der Waals surface area contributed by atoms with Gasteiger partial charge in [-0.25, -0.2) is 8.78 Å². The highest BCUT2D eigenvalue weighted by Crippen LogP contribution is 2.41. The zero-order valence-corrected chi connectivity index (χ0v) is 17.2. The fourth-order valence-corrected chi connectivity index (χ4v) is 3.66. The number of benzene rings is 2. The SMILES string of the molecule is Cc1cc(NC(=O)C(O)c2cc(F)cc(F)c2)ccc1-c1cnc(C2CC2)c(C(N)=O)c1. The number of hydrogen-bond acceptors (Lipinski definition) is 4. The van der Waals surface area contributed by atoms with Gasteiger partial charge in [-0.2, -0.15) is 0 Å². The van der Waals surface area contributed by atoms with Gasteiger partial charge in [-0.05, 0) is 66.8 Å². The molecule has 6 nitrogen and oxygen atoms in total. The third kappa shape index (κ3) is 4.50. The summed E-state index contributed by atoms with van der Waals surface area (Å²) in [5, 5.41) is 12.7. The first-order valence-electron chi connectivity index (χ1n) is 10.1. The Hall–Kier alpha value is -3.65. The predicted molar refractivity (Wildman–Crippen MR) is 115 cm³/mol. The van der Waals surface area contributed by atoms with E-state index in [2.05, 4.69) is 10.3 Å². The Morgan fingerprint density at radius 2 is 1.81 bits per heavy atom. The number of anilines is 1. The van der Waals surface area contributed by atoms with Gasteiger partial charge in [0.15, 0.2) is 6.10 Å². The second-order valence-corrected chi connectivity index (χ2v) is 7.92. The summed E-state index contributed by atoms with van der Waals surface area (Å²) >= 11 is 0. The highest BCUT2D eigenvalue weighted by molar-refractivity contribution is 5.96. The van der Waals surface area contributed by atoms with Gasteiger partial charge in [0, 0.05) is 29.4 Å². The summed E-state index contributed by atoms with van der Waals surface area (Å²) in [5.41, 5.74) is 9.18. The first-order valence-corrected chi connectivity index (χ1v) is 10.1. The average Bonchev–Trinajstić information content (AvgIpc) is 3.57. The lowest BCUT2D eigenvalue weighted by Gasteiger charge is -2.14. The number of pyridine rings is 1. The fraction of sp³-hybridized carbons (Fsp3) is 0.208. The van der Waals surface area contributed by atoms with Gasteiger partial charge in [0.05, 0.1) is 11.3 Å². The Kier molecular flexibility index (Phi) is 5.71. The van der Waals surface area contributed by atoms with Gasteiger partial charge in [0.2, 0.25) is 0 Å². The van der Waals surface area contributed by atoms with E-state index in [1.807, 2.05) is 6.92 Å². The summed E-state index contributed by atoms with van der Waals surface area (Å²) in [5.74, 6) is -2.84. The van der Waals surface area contributed by atoms with Crippen LogP contribution in [0.2, 0.25) is 0 Å². The van der Waals surface area contributed by atoms with E-state index in [9.17, 15) is 23.5 Å². The summed E-state index contributed by atoms with van der Waals surface area (Å²) in [6, 6.07) is 9.24. The lowest BCUT2D eigenvalue weighted by Crippen LogP contribution is -2.21. The number of halogens is 2. The average molecular weight is 437 g/mol. The third-order valence-electron chi connectivity index (χ3n) is 5.40. The van der Waals surface area contributed by atoms with Crippen LogP contribution in [0.15, 0.2) is 48.7 Å². The number of amides is 2. The van der Waals surface area contributed by atoms with E-state index in [0.717, 1.165) is 41.8 Å². The van der Waals surface area contributed by atoms with Crippen molar-refractivity contribution < 1.29 is 23.5 Å². The number of carbonyl (C=O) groups excluding carboxylic acids is 2. The molecule has 1 aromatic heterocycles. The van der Waals surface area contributed by atoms with E-state index in [-0.39, 0.29) is 11.5 Å². The van der Waals surface area contributed by atoms with Gasteiger partial charge in [-0.1, -0.05) is 6.07 Å². The van der Waals surface area contributed by atoms with Crippen molar-refractivity contribution in [3.63, 3.8) is 0 Å². The number of primary amides is 1. The molecule has 3 aromatic rings. The first kappa shape index (κ1) is 21.6. The second kappa shape index (κ2) is 8.47. The maximum absolute atomic E-state index is 13.4. The molecule has 1 aliphatic carbocycles. The minimum absolute atomic E-state index is 0.186. The van der Waals surface area contributed by atoms with E-state index >= 15 is 0 Å². The van der Waals surface area contributed by atoms with Gasteiger partial charge in [-0.3, -0.25) is 14.6 Å². The molecule has 1 aliphatic rings. The van der Waals surface area contributed by atoms with Crippen LogP contribution < -0.4 is 11.1 Å². The molecule has 0 spiro atoms. The van der Waals surface area contributed by atoms with Crippen LogP contribution in [-0.2, 0) is 4.79 Å².